The quantitative estimate of drug-likeness (QED) is 0.302. The van der Waals surface area contributed by atoms with E-state index in [2.05, 4.69) is 0 Å². The van der Waals surface area contributed by atoms with Crippen molar-refractivity contribution in [2.45, 2.75) is 25.5 Å². The molecule has 1 atom stereocenters. The van der Waals surface area contributed by atoms with Crippen LogP contribution in [0.25, 0.3) is 0 Å². The van der Waals surface area contributed by atoms with Crippen LogP contribution in [0.15, 0.2) is 0 Å². The molecule has 1 heterocycles. The Labute approximate surface area is 39.1 Å². The number of ether oxygens (including phenoxy) is 1. The molecular weight excluding hydrogens is 74.9 g/mol. The second-order valence-electron chi connectivity index (χ2n) is 2.14. The van der Waals surface area contributed by atoms with Crippen LogP contribution >= 0.6 is 0 Å². The van der Waals surface area contributed by atoms with E-state index in [-0.39, 0.29) is 11.6 Å². The summed E-state index contributed by atoms with van der Waals surface area (Å²) in [7, 11) is 5.28. The van der Waals surface area contributed by atoms with E-state index < -0.39 is 0 Å². The normalized spacial score (nSPS) is 39.3. The highest BCUT2D eigenvalue weighted by atomic mass is 16.6. The summed E-state index contributed by atoms with van der Waals surface area (Å²) in [4.78, 5) is 0. The highest BCUT2D eigenvalue weighted by Gasteiger charge is 2.42. The molecule has 2 radical (unpaired) electrons. The van der Waals surface area contributed by atoms with Crippen molar-refractivity contribution < 1.29 is 4.74 Å². The topological polar surface area (TPSA) is 12.5 Å². The monoisotopic (exact) mass is 82.1 g/mol. The molecule has 0 saturated carbocycles. The van der Waals surface area contributed by atoms with Gasteiger partial charge in [0.05, 0.1) is 5.60 Å². The zero-order valence-corrected chi connectivity index (χ0v) is 4.06. The van der Waals surface area contributed by atoms with Crippen molar-refractivity contribution in [1.82, 2.24) is 0 Å². The zero-order valence-electron chi connectivity index (χ0n) is 4.06. The van der Waals surface area contributed by atoms with Crippen molar-refractivity contribution in [2.24, 2.45) is 0 Å². The summed E-state index contributed by atoms with van der Waals surface area (Å²) in [5, 5.41) is 0. The molecule has 0 N–H and O–H groups in total. The first-order valence-electron chi connectivity index (χ1n) is 2.06. The first kappa shape index (κ1) is 4.19. The van der Waals surface area contributed by atoms with Gasteiger partial charge in [-0.3, -0.25) is 0 Å². The van der Waals surface area contributed by atoms with Crippen LogP contribution in [0.5, 0.6) is 0 Å². The Morgan fingerprint density at radius 2 is 1.83 bits per heavy atom. The zero-order chi connectivity index (χ0) is 4.78. The molecule has 1 saturated heterocycles. The SMILES string of the molecule is [B]C1OC1(C)C. The largest absolute Gasteiger partial charge is 0.377 e. The lowest BCUT2D eigenvalue weighted by atomic mass is 9.95. The van der Waals surface area contributed by atoms with Gasteiger partial charge in [-0.15, -0.1) is 0 Å². The predicted molar refractivity (Wildman–Crippen MR) is 24.7 cm³/mol. The number of epoxide rings is 1. The molecule has 1 rings (SSSR count). The summed E-state index contributed by atoms with van der Waals surface area (Å²) in [5.41, 5.74) is -0.0139. The van der Waals surface area contributed by atoms with E-state index in [0.717, 1.165) is 0 Å². The van der Waals surface area contributed by atoms with Gasteiger partial charge in [0, 0.05) is 6.00 Å². The van der Waals surface area contributed by atoms with Gasteiger partial charge in [-0.25, -0.2) is 0 Å². The van der Waals surface area contributed by atoms with E-state index in [0.29, 0.717) is 0 Å². The molecule has 1 unspecified atom stereocenters. The third-order valence-electron chi connectivity index (χ3n) is 1.06. The highest BCUT2D eigenvalue weighted by Crippen LogP contribution is 2.31. The lowest BCUT2D eigenvalue weighted by Gasteiger charge is -1.85. The molecule has 0 spiro atoms. The van der Waals surface area contributed by atoms with Gasteiger partial charge in [-0.2, -0.15) is 0 Å². The van der Waals surface area contributed by atoms with Crippen molar-refractivity contribution in [3.05, 3.63) is 0 Å². The Balaban J connectivity index is 2.41. The molecule has 0 aromatic carbocycles. The molecule has 1 aliphatic rings. The molecule has 2 heteroatoms. The summed E-state index contributed by atoms with van der Waals surface area (Å²) in [6.07, 6.45) is 0. The maximum Gasteiger partial charge on any atom is 0.113 e. The lowest BCUT2D eigenvalue weighted by molar-refractivity contribution is 0.338. The van der Waals surface area contributed by atoms with Gasteiger partial charge in [0.25, 0.3) is 0 Å². The molecule has 0 aromatic heterocycles. The van der Waals surface area contributed by atoms with Crippen LogP contribution in [0, 0.1) is 0 Å². The third kappa shape index (κ3) is 0.452. The summed E-state index contributed by atoms with van der Waals surface area (Å²) in [6, 6.07) is -0.00231. The molecule has 1 fully saturated rings. The summed E-state index contributed by atoms with van der Waals surface area (Å²) >= 11 is 0. The molecule has 0 amide bonds. The van der Waals surface area contributed by atoms with E-state index in [9.17, 15) is 0 Å². The number of hydrogen-bond acceptors (Lipinski definition) is 1. The van der Waals surface area contributed by atoms with Crippen LogP contribution in [0.4, 0.5) is 0 Å². The Morgan fingerprint density at radius 1 is 1.67 bits per heavy atom. The van der Waals surface area contributed by atoms with Crippen LogP contribution in [0.1, 0.15) is 13.8 Å². The predicted octanol–water partition coefficient (Wildman–Crippen LogP) is 0.290. The van der Waals surface area contributed by atoms with Gasteiger partial charge in [-0.05, 0) is 13.8 Å². The summed E-state index contributed by atoms with van der Waals surface area (Å²) in [6.45, 7) is 3.94. The van der Waals surface area contributed by atoms with E-state index >= 15 is 0 Å². The minimum Gasteiger partial charge on any atom is -0.377 e. The Hall–Kier alpha value is 0.0249. The average molecular weight is 81.9 g/mol. The van der Waals surface area contributed by atoms with Crippen LogP contribution in [-0.2, 0) is 4.74 Å². The first-order valence-corrected chi connectivity index (χ1v) is 2.06. The second-order valence-corrected chi connectivity index (χ2v) is 2.14. The summed E-state index contributed by atoms with van der Waals surface area (Å²) in [5.74, 6) is 0. The molecule has 6 heavy (non-hydrogen) atoms. The van der Waals surface area contributed by atoms with Gasteiger partial charge in [0.1, 0.15) is 7.85 Å². The molecule has 32 valence electrons. The molecule has 1 nitrogen and oxygen atoms in total. The minimum absolute atomic E-state index is 0.00231. The van der Waals surface area contributed by atoms with Crippen molar-refractivity contribution >= 4 is 7.85 Å². The second kappa shape index (κ2) is 0.810. The maximum atomic E-state index is 5.28. The van der Waals surface area contributed by atoms with Gasteiger partial charge in [0.2, 0.25) is 0 Å². The van der Waals surface area contributed by atoms with Crippen molar-refractivity contribution in [2.75, 3.05) is 0 Å². The smallest absolute Gasteiger partial charge is 0.113 e. The lowest BCUT2D eigenvalue weighted by Crippen LogP contribution is -2.00. The Morgan fingerprint density at radius 3 is 1.83 bits per heavy atom. The van der Waals surface area contributed by atoms with Crippen molar-refractivity contribution in [3.63, 3.8) is 0 Å². The van der Waals surface area contributed by atoms with Crippen LogP contribution < -0.4 is 0 Å². The molecule has 0 aliphatic carbocycles. The fraction of sp³-hybridized carbons (Fsp3) is 1.00. The maximum absolute atomic E-state index is 5.28. The third-order valence-corrected chi connectivity index (χ3v) is 1.06. The van der Waals surface area contributed by atoms with Crippen LogP contribution in [0.2, 0.25) is 0 Å². The Bertz CT molecular complexity index is 69.9. The average Bonchev–Trinajstić information content (AvgIpc) is 1.73. The molecule has 1 aliphatic heterocycles. The van der Waals surface area contributed by atoms with Crippen LogP contribution in [-0.4, -0.2) is 19.5 Å². The minimum atomic E-state index is -0.0139. The molecular formula is C4H7BO. The van der Waals surface area contributed by atoms with Gasteiger partial charge in [-0.1, -0.05) is 0 Å². The van der Waals surface area contributed by atoms with E-state index in [1.807, 2.05) is 13.8 Å². The van der Waals surface area contributed by atoms with Gasteiger partial charge >= 0.3 is 0 Å². The van der Waals surface area contributed by atoms with E-state index in [1.54, 1.807) is 0 Å². The molecule has 0 bridgehead atoms. The standard InChI is InChI=1S/C4H7BO/c1-4(2)3(5)6-4/h3H,1-2H3. The van der Waals surface area contributed by atoms with Gasteiger partial charge in [0.15, 0.2) is 0 Å². The van der Waals surface area contributed by atoms with Crippen LogP contribution in [0.3, 0.4) is 0 Å². The molecule has 0 aromatic rings. The fourth-order valence-corrected chi connectivity index (χ4v) is 0.293. The van der Waals surface area contributed by atoms with Gasteiger partial charge < -0.3 is 4.74 Å². The Kier molecular flexibility index (Phi) is 0.566. The van der Waals surface area contributed by atoms with Crippen molar-refractivity contribution in [1.29, 1.82) is 0 Å². The first-order chi connectivity index (χ1) is 2.63. The highest BCUT2D eigenvalue weighted by molar-refractivity contribution is 6.13. The number of hydrogen-bond donors (Lipinski definition) is 0. The van der Waals surface area contributed by atoms with E-state index in [4.69, 9.17) is 12.6 Å². The summed E-state index contributed by atoms with van der Waals surface area (Å²) < 4.78 is 4.88. The number of rotatable bonds is 0. The van der Waals surface area contributed by atoms with Crippen molar-refractivity contribution in [3.8, 4) is 0 Å². The fourth-order valence-electron chi connectivity index (χ4n) is 0.293. The van der Waals surface area contributed by atoms with E-state index in [1.165, 1.54) is 0 Å².